The van der Waals surface area contributed by atoms with Crippen LogP contribution in [0.25, 0.3) is 0 Å². The Morgan fingerprint density at radius 2 is 1.54 bits per heavy atom. The van der Waals surface area contributed by atoms with Gasteiger partial charge in [-0.2, -0.15) is 0 Å². The van der Waals surface area contributed by atoms with Crippen molar-refractivity contribution in [2.75, 3.05) is 47.0 Å². The van der Waals surface area contributed by atoms with Crippen LogP contribution in [0.15, 0.2) is 59.1 Å². The van der Waals surface area contributed by atoms with Gasteiger partial charge in [-0.3, -0.25) is 0 Å². The fourth-order valence-electron chi connectivity index (χ4n) is 4.72. The van der Waals surface area contributed by atoms with E-state index < -0.39 is 0 Å². The van der Waals surface area contributed by atoms with Crippen molar-refractivity contribution in [1.82, 2.24) is 10.2 Å². The number of nitrogens with one attached hydrogen (secondary N) is 1. The summed E-state index contributed by atoms with van der Waals surface area (Å²) in [6.45, 7) is 9.18. The lowest BCUT2D eigenvalue weighted by Gasteiger charge is -2.30. The Labute approximate surface area is 229 Å². The summed E-state index contributed by atoms with van der Waals surface area (Å²) in [7, 11) is 3.38. The molecule has 1 N–H and O–H groups in total. The standard InChI is InChI=1S/C30H37BrN2O4/c1-5-33(6-2)14-15-36-28-17-23-22(16-26(28)34-3)12-13-32-30(23)24-18-27(35-4)29(19-25(24)31)37-20-21-10-8-7-9-11-21/h7-11,16-19,30,32H,5-6,12-15,20H2,1-4H3. The van der Waals surface area contributed by atoms with Gasteiger partial charge in [0.2, 0.25) is 0 Å². The molecule has 7 heteroatoms. The summed E-state index contributed by atoms with van der Waals surface area (Å²) in [6.07, 6.45) is 0.926. The zero-order valence-corrected chi connectivity index (χ0v) is 23.8. The van der Waals surface area contributed by atoms with Crippen LogP contribution in [-0.2, 0) is 13.0 Å². The van der Waals surface area contributed by atoms with Crippen molar-refractivity contribution in [1.29, 1.82) is 0 Å². The maximum absolute atomic E-state index is 6.23. The monoisotopic (exact) mass is 568 g/mol. The molecule has 1 unspecified atom stereocenters. The number of nitrogens with zero attached hydrogens (tertiary/aromatic N) is 1. The summed E-state index contributed by atoms with van der Waals surface area (Å²) in [5.41, 5.74) is 4.64. The predicted octanol–water partition coefficient (Wildman–Crippen LogP) is 6.00. The third-order valence-electron chi connectivity index (χ3n) is 6.87. The summed E-state index contributed by atoms with van der Waals surface area (Å²) in [5, 5.41) is 3.69. The molecule has 3 aromatic carbocycles. The molecule has 0 saturated heterocycles. The molecule has 37 heavy (non-hydrogen) atoms. The van der Waals surface area contributed by atoms with Crippen molar-refractivity contribution < 1.29 is 18.9 Å². The summed E-state index contributed by atoms with van der Waals surface area (Å²) >= 11 is 3.81. The lowest BCUT2D eigenvalue weighted by Crippen LogP contribution is -2.31. The molecule has 0 radical (unpaired) electrons. The van der Waals surface area contributed by atoms with Crippen molar-refractivity contribution in [3.63, 3.8) is 0 Å². The van der Waals surface area contributed by atoms with Gasteiger partial charge in [0, 0.05) is 17.6 Å². The van der Waals surface area contributed by atoms with E-state index in [-0.39, 0.29) is 6.04 Å². The maximum Gasteiger partial charge on any atom is 0.162 e. The van der Waals surface area contributed by atoms with Crippen LogP contribution < -0.4 is 24.3 Å². The second kappa shape index (κ2) is 13.2. The van der Waals surface area contributed by atoms with E-state index in [1.165, 1.54) is 11.1 Å². The SMILES string of the molecule is CCN(CC)CCOc1cc2c(cc1OC)CCNC2c1cc(OC)c(OCc2ccccc2)cc1Br. The Kier molecular flexibility index (Phi) is 9.72. The van der Waals surface area contributed by atoms with Crippen molar-refractivity contribution in [2.45, 2.75) is 32.9 Å². The summed E-state index contributed by atoms with van der Waals surface area (Å²) in [4.78, 5) is 2.35. The lowest BCUT2D eigenvalue weighted by atomic mass is 9.89. The van der Waals surface area contributed by atoms with Crippen molar-refractivity contribution in [2.24, 2.45) is 0 Å². The first kappa shape index (κ1) is 27.3. The fourth-order valence-corrected chi connectivity index (χ4v) is 5.27. The Hall–Kier alpha value is -2.74. The number of rotatable bonds is 12. The Morgan fingerprint density at radius 1 is 0.865 bits per heavy atom. The molecule has 1 atom stereocenters. The zero-order valence-electron chi connectivity index (χ0n) is 22.2. The number of likely N-dealkylation sites (N-methyl/N-ethyl adjacent to an activating group) is 1. The zero-order chi connectivity index (χ0) is 26.2. The highest BCUT2D eigenvalue weighted by Crippen LogP contribution is 2.42. The van der Waals surface area contributed by atoms with Gasteiger partial charge in [-0.05, 0) is 66.0 Å². The smallest absolute Gasteiger partial charge is 0.162 e. The van der Waals surface area contributed by atoms with Crippen molar-refractivity contribution in [3.05, 3.63) is 81.3 Å². The topological polar surface area (TPSA) is 52.2 Å². The van der Waals surface area contributed by atoms with E-state index in [1.807, 2.05) is 24.3 Å². The van der Waals surface area contributed by atoms with E-state index in [2.05, 4.69) is 70.3 Å². The summed E-state index contributed by atoms with van der Waals surface area (Å²) in [5.74, 6) is 2.95. The Morgan fingerprint density at radius 3 is 2.24 bits per heavy atom. The number of hydrogen-bond acceptors (Lipinski definition) is 6. The minimum Gasteiger partial charge on any atom is -0.493 e. The van der Waals surface area contributed by atoms with Crippen LogP contribution >= 0.6 is 15.9 Å². The lowest BCUT2D eigenvalue weighted by molar-refractivity contribution is 0.217. The first-order valence-electron chi connectivity index (χ1n) is 12.9. The molecule has 1 heterocycles. The average molecular weight is 570 g/mol. The molecule has 0 aliphatic carbocycles. The molecule has 1 aliphatic heterocycles. The molecule has 1 aliphatic rings. The van der Waals surface area contributed by atoms with Gasteiger partial charge < -0.3 is 29.2 Å². The molecule has 6 nitrogen and oxygen atoms in total. The molecular formula is C30H37BrN2O4. The van der Waals surface area contributed by atoms with E-state index in [9.17, 15) is 0 Å². The van der Waals surface area contributed by atoms with E-state index in [1.54, 1.807) is 14.2 Å². The third-order valence-corrected chi connectivity index (χ3v) is 7.56. The van der Waals surface area contributed by atoms with Crippen molar-refractivity contribution >= 4 is 15.9 Å². The highest BCUT2D eigenvalue weighted by atomic mass is 79.9. The molecule has 3 aromatic rings. The van der Waals surface area contributed by atoms with Gasteiger partial charge in [-0.25, -0.2) is 0 Å². The molecule has 0 amide bonds. The second-order valence-corrected chi connectivity index (χ2v) is 9.87. The fraction of sp³-hybridized carbons (Fsp3) is 0.400. The van der Waals surface area contributed by atoms with Gasteiger partial charge in [0.1, 0.15) is 13.2 Å². The number of fused-ring (bicyclic) bond motifs is 1. The van der Waals surface area contributed by atoms with Crippen LogP contribution in [0.5, 0.6) is 23.0 Å². The summed E-state index contributed by atoms with van der Waals surface area (Å²) < 4.78 is 24.8. The minimum absolute atomic E-state index is 0.0220. The molecule has 4 rings (SSSR count). The first-order chi connectivity index (χ1) is 18.1. The van der Waals surface area contributed by atoms with E-state index >= 15 is 0 Å². The molecule has 0 bridgehead atoms. The van der Waals surface area contributed by atoms with E-state index in [0.29, 0.717) is 24.7 Å². The van der Waals surface area contributed by atoms with Crippen LogP contribution in [0.3, 0.4) is 0 Å². The third kappa shape index (κ3) is 6.58. The largest absolute Gasteiger partial charge is 0.493 e. The number of halogens is 1. The van der Waals surface area contributed by atoms with Crippen molar-refractivity contribution in [3.8, 4) is 23.0 Å². The van der Waals surface area contributed by atoms with Gasteiger partial charge >= 0.3 is 0 Å². The number of hydrogen-bond donors (Lipinski definition) is 1. The molecule has 0 aromatic heterocycles. The minimum atomic E-state index is -0.0220. The molecule has 0 saturated carbocycles. The predicted molar refractivity (Wildman–Crippen MR) is 151 cm³/mol. The first-order valence-corrected chi connectivity index (χ1v) is 13.7. The van der Waals surface area contributed by atoms with Gasteiger partial charge in [-0.15, -0.1) is 0 Å². The highest BCUT2D eigenvalue weighted by molar-refractivity contribution is 9.10. The van der Waals surface area contributed by atoms with Crippen LogP contribution in [0.4, 0.5) is 0 Å². The quantitative estimate of drug-likeness (QED) is 0.289. The van der Waals surface area contributed by atoms with Gasteiger partial charge in [0.15, 0.2) is 23.0 Å². The molecule has 0 spiro atoms. The van der Waals surface area contributed by atoms with Crippen LogP contribution in [0.2, 0.25) is 0 Å². The van der Waals surface area contributed by atoms with Gasteiger partial charge in [0.05, 0.1) is 20.3 Å². The maximum atomic E-state index is 6.23. The number of benzene rings is 3. The Bertz CT molecular complexity index is 1170. The summed E-state index contributed by atoms with van der Waals surface area (Å²) in [6, 6.07) is 18.4. The normalized spacial score (nSPS) is 14.8. The van der Waals surface area contributed by atoms with Gasteiger partial charge in [-0.1, -0.05) is 60.1 Å². The molecule has 0 fully saturated rings. The molecule has 198 valence electrons. The second-order valence-electron chi connectivity index (χ2n) is 9.01. The van der Waals surface area contributed by atoms with E-state index in [0.717, 1.165) is 59.7 Å². The van der Waals surface area contributed by atoms with Crippen LogP contribution in [0, 0.1) is 0 Å². The molecular weight excluding hydrogens is 532 g/mol. The van der Waals surface area contributed by atoms with Crippen LogP contribution in [0.1, 0.15) is 42.1 Å². The Balaban J connectivity index is 1.60. The average Bonchev–Trinajstić information content (AvgIpc) is 2.94. The number of methoxy groups -OCH3 is 2. The van der Waals surface area contributed by atoms with Crippen LogP contribution in [-0.4, -0.2) is 51.9 Å². The van der Waals surface area contributed by atoms with E-state index in [4.69, 9.17) is 18.9 Å². The highest BCUT2D eigenvalue weighted by Gasteiger charge is 2.27. The number of ether oxygens (including phenoxy) is 4. The van der Waals surface area contributed by atoms with Gasteiger partial charge in [0.25, 0.3) is 0 Å².